The van der Waals surface area contributed by atoms with Gasteiger partial charge in [0.2, 0.25) is 5.91 Å². The van der Waals surface area contributed by atoms with Gasteiger partial charge in [0.25, 0.3) is 0 Å². The molecule has 0 unspecified atom stereocenters. The Balaban J connectivity index is 2.35. The van der Waals surface area contributed by atoms with Crippen molar-refractivity contribution in [3.8, 4) is 5.75 Å². The molecule has 3 nitrogen and oxygen atoms in total. The number of halogens is 1. The van der Waals surface area contributed by atoms with Crippen LogP contribution in [0, 0.1) is 0 Å². The van der Waals surface area contributed by atoms with Gasteiger partial charge in [0.15, 0.2) is 0 Å². The van der Waals surface area contributed by atoms with Crippen molar-refractivity contribution in [3.05, 3.63) is 60.2 Å². The molecule has 2 aromatic carbocycles. The fraction of sp³-hybridized carbons (Fsp3) is 0.188. The van der Waals surface area contributed by atoms with E-state index in [1.807, 2.05) is 54.6 Å². The second kappa shape index (κ2) is 6.96. The first-order valence-corrected chi connectivity index (χ1v) is 6.83. The molecule has 20 heavy (non-hydrogen) atoms. The molecule has 0 saturated carbocycles. The molecule has 0 bridgehead atoms. The number of anilines is 1. The zero-order valence-electron chi connectivity index (χ0n) is 11.3. The van der Waals surface area contributed by atoms with Gasteiger partial charge in [-0.3, -0.25) is 4.79 Å². The van der Waals surface area contributed by atoms with E-state index in [4.69, 9.17) is 16.3 Å². The molecule has 2 aromatic rings. The van der Waals surface area contributed by atoms with Crippen LogP contribution in [0.1, 0.15) is 5.56 Å². The Morgan fingerprint density at radius 3 is 2.40 bits per heavy atom. The first-order chi connectivity index (χ1) is 9.76. The van der Waals surface area contributed by atoms with Crippen molar-refractivity contribution in [1.82, 2.24) is 0 Å². The monoisotopic (exact) mass is 289 g/mol. The molecule has 0 fully saturated rings. The van der Waals surface area contributed by atoms with Crippen LogP contribution in [0.15, 0.2) is 54.6 Å². The molecule has 4 heteroatoms. The van der Waals surface area contributed by atoms with E-state index in [2.05, 4.69) is 0 Å². The lowest BCUT2D eigenvalue weighted by atomic mass is 10.2. The van der Waals surface area contributed by atoms with E-state index in [0.717, 1.165) is 11.3 Å². The molecule has 0 aliphatic heterocycles. The van der Waals surface area contributed by atoms with E-state index >= 15 is 0 Å². The number of benzene rings is 2. The van der Waals surface area contributed by atoms with Gasteiger partial charge in [0.1, 0.15) is 11.6 Å². The van der Waals surface area contributed by atoms with Crippen LogP contribution >= 0.6 is 11.6 Å². The van der Waals surface area contributed by atoms with Crippen molar-refractivity contribution in [2.75, 3.05) is 17.9 Å². The summed E-state index contributed by atoms with van der Waals surface area (Å²) < 4.78 is 5.32. The third-order valence-corrected chi connectivity index (χ3v) is 3.20. The molecule has 1 amide bonds. The lowest BCUT2D eigenvalue weighted by Crippen LogP contribution is -2.31. The molecule has 0 radical (unpaired) electrons. The van der Waals surface area contributed by atoms with E-state index in [0.29, 0.717) is 12.3 Å². The maximum Gasteiger partial charge on any atom is 0.242 e. The summed E-state index contributed by atoms with van der Waals surface area (Å²) in [6.45, 7) is 0.465. The standard InChI is InChI=1S/C16H16ClNO2/c1-20-15-10-6-5-9-14(15)18(16(19)11-17)12-13-7-3-2-4-8-13/h2-10H,11-12H2,1H3. The van der Waals surface area contributed by atoms with Gasteiger partial charge in [-0.25, -0.2) is 0 Å². The van der Waals surface area contributed by atoms with Crippen molar-refractivity contribution in [2.24, 2.45) is 0 Å². The van der Waals surface area contributed by atoms with Gasteiger partial charge in [-0.2, -0.15) is 0 Å². The predicted molar refractivity (Wildman–Crippen MR) is 81.3 cm³/mol. The molecule has 0 aromatic heterocycles. The highest BCUT2D eigenvalue weighted by atomic mass is 35.5. The maximum absolute atomic E-state index is 12.1. The number of amides is 1. The SMILES string of the molecule is COc1ccccc1N(Cc1ccccc1)C(=O)CCl. The third-order valence-electron chi connectivity index (χ3n) is 2.97. The summed E-state index contributed by atoms with van der Waals surface area (Å²) in [6.07, 6.45) is 0. The fourth-order valence-electron chi connectivity index (χ4n) is 2.00. The Morgan fingerprint density at radius 2 is 1.75 bits per heavy atom. The van der Waals surface area contributed by atoms with Crippen LogP contribution in [0.4, 0.5) is 5.69 Å². The summed E-state index contributed by atoms with van der Waals surface area (Å²) in [4.78, 5) is 13.8. The largest absolute Gasteiger partial charge is 0.495 e. The molecule has 0 heterocycles. The number of ether oxygens (including phenoxy) is 1. The van der Waals surface area contributed by atoms with Crippen LogP contribution in [0.2, 0.25) is 0 Å². The first-order valence-electron chi connectivity index (χ1n) is 6.29. The van der Waals surface area contributed by atoms with Gasteiger partial charge < -0.3 is 9.64 Å². The average Bonchev–Trinajstić information content (AvgIpc) is 2.53. The zero-order valence-corrected chi connectivity index (χ0v) is 12.0. The third kappa shape index (κ3) is 3.31. The van der Waals surface area contributed by atoms with Gasteiger partial charge in [-0.1, -0.05) is 42.5 Å². The number of carbonyl (C=O) groups is 1. The highest BCUT2D eigenvalue weighted by Crippen LogP contribution is 2.29. The van der Waals surface area contributed by atoms with Crippen LogP contribution in [0.5, 0.6) is 5.75 Å². The molecule has 0 atom stereocenters. The highest BCUT2D eigenvalue weighted by Gasteiger charge is 2.18. The van der Waals surface area contributed by atoms with Gasteiger partial charge in [0.05, 0.1) is 19.3 Å². The van der Waals surface area contributed by atoms with Crippen LogP contribution in [-0.4, -0.2) is 18.9 Å². The quantitative estimate of drug-likeness (QED) is 0.789. The molecule has 104 valence electrons. The number of rotatable bonds is 5. The summed E-state index contributed by atoms with van der Waals surface area (Å²) in [5.74, 6) is 0.437. The zero-order chi connectivity index (χ0) is 14.4. The lowest BCUT2D eigenvalue weighted by molar-refractivity contribution is -0.116. The van der Waals surface area contributed by atoms with Crippen molar-refractivity contribution in [1.29, 1.82) is 0 Å². The van der Waals surface area contributed by atoms with Crippen molar-refractivity contribution >= 4 is 23.2 Å². The summed E-state index contributed by atoms with van der Waals surface area (Å²) in [5.41, 5.74) is 1.77. The summed E-state index contributed by atoms with van der Waals surface area (Å²) in [7, 11) is 1.59. The number of methoxy groups -OCH3 is 1. The van der Waals surface area contributed by atoms with Gasteiger partial charge in [-0.15, -0.1) is 11.6 Å². The highest BCUT2D eigenvalue weighted by molar-refractivity contribution is 6.29. The van der Waals surface area contributed by atoms with Crippen molar-refractivity contribution < 1.29 is 9.53 Å². The Bertz CT molecular complexity index is 572. The van der Waals surface area contributed by atoms with Gasteiger partial charge in [-0.05, 0) is 17.7 Å². The molecule has 0 N–H and O–H groups in total. The van der Waals surface area contributed by atoms with E-state index in [1.165, 1.54) is 0 Å². The molecule has 0 spiro atoms. The average molecular weight is 290 g/mol. The second-order valence-electron chi connectivity index (χ2n) is 4.27. The molecule has 0 aliphatic carbocycles. The van der Waals surface area contributed by atoms with E-state index in [-0.39, 0.29) is 11.8 Å². The molecule has 2 rings (SSSR count). The molecular formula is C16H16ClNO2. The minimum Gasteiger partial charge on any atom is -0.495 e. The molecular weight excluding hydrogens is 274 g/mol. The van der Waals surface area contributed by atoms with Crippen molar-refractivity contribution in [2.45, 2.75) is 6.54 Å². The Hall–Kier alpha value is -2.00. The number of hydrogen-bond donors (Lipinski definition) is 0. The first kappa shape index (κ1) is 14.4. The minimum atomic E-state index is -0.153. The van der Waals surface area contributed by atoms with Crippen LogP contribution in [0.3, 0.4) is 0 Å². The minimum absolute atomic E-state index is 0.0646. The number of carbonyl (C=O) groups excluding carboxylic acids is 1. The Kier molecular flexibility index (Phi) is 5.02. The molecule has 0 aliphatic rings. The summed E-state index contributed by atoms with van der Waals surface area (Å²) >= 11 is 5.73. The summed E-state index contributed by atoms with van der Waals surface area (Å²) in [5, 5.41) is 0. The lowest BCUT2D eigenvalue weighted by Gasteiger charge is -2.24. The predicted octanol–water partition coefficient (Wildman–Crippen LogP) is 3.47. The number of alkyl halides is 1. The maximum atomic E-state index is 12.1. The number of nitrogens with zero attached hydrogens (tertiary/aromatic N) is 1. The van der Waals surface area contributed by atoms with E-state index < -0.39 is 0 Å². The van der Waals surface area contributed by atoms with E-state index in [1.54, 1.807) is 12.0 Å². The fourth-order valence-corrected chi connectivity index (χ4v) is 2.14. The Labute approximate surface area is 123 Å². The smallest absolute Gasteiger partial charge is 0.242 e. The Morgan fingerprint density at radius 1 is 1.10 bits per heavy atom. The van der Waals surface area contributed by atoms with Crippen LogP contribution in [-0.2, 0) is 11.3 Å². The van der Waals surface area contributed by atoms with Crippen LogP contribution in [0.25, 0.3) is 0 Å². The van der Waals surface area contributed by atoms with Gasteiger partial charge >= 0.3 is 0 Å². The van der Waals surface area contributed by atoms with Gasteiger partial charge in [0, 0.05) is 0 Å². The second-order valence-corrected chi connectivity index (χ2v) is 4.54. The normalized spacial score (nSPS) is 10.1. The van der Waals surface area contributed by atoms with Crippen LogP contribution < -0.4 is 9.64 Å². The summed E-state index contributed by atoms with van der Waals surface area (Å²) in [6, 6.07) is 17.2. The van der Waals surface area contributed by atoms with E-state index in [9.17, 15) is 4.79 Å². The number of para-hydroxylation sites is 2. The topological polar surface area (TPSA) is 29.5 Å². The van der Waals surface area contributed by atoms with Crippen molar-refractivity contribution in [3.63, 3.8) is 0 Å². The molecule has 0 saturated heterocycles. The number of hydrogen-bond acceptors (Lipinski definition) is 2.